The second kappa shape index (κ2) is 4.36. The van der Waals surface area contributed by atoms with E-state index in [0.717, 1.165) is 12.2 Å². The molecule has 1 aromatic rings. The molecule has 0 radical (unpaired) electrons. The fourth-order valence-electron chi connectivity index (χ4n) is 2.37. The summed E-state index contributed by atoms with van der Waals surface area (Å²) in [4.78, 5) is 2.48. The Kier molecular flexibility index (Phi) is 3.08. The summed E-state index contributed by atoms with van der Waals surface area (Å²) in [7, 11) is 0. The first kappa shape index (κ1) is 11.3. The molecule has 0 atom stereocenters. The van der Waals surface area contributed by atoms with Crippen LogP contribution in [0.15, 0.2) is 24.3 Å². The summed E-state index contributed by atoms with van der Waals surface area (Å²) in [5, 5.41) is 0. The van der Waals surface area contributed by atoms with Gasteiger partial charge < -0.3 is 10.6 Å². The van der Waals surface area contributed by atoms with Gasteiger partial charge in [-0.05, 0) is 48.9 Å². The minimum absolute atomic E-state index is 0.503. The molecule has 88 valence electrons. The van der Waals surface area contributed by atoms with Crippen molar-refractivity contribution in [1.82, 2.24) is 0 Å². The van der Waals surface area contributed by atoms with Crippen LogP contribution in [-0.2, 0) is 0 Å². The molecule has 1 aromatic carbocycles. The predicted octanol–water partition coefficient (Wildman–Crippen LogP) is 3.29. The molecular formula is C14H22N2. The Morgan fingerprint density at radius 1 is 1.06 bits per heavy atom. The number of anilines is 2. The molecule has 2 heteroatoms. The van der Waals surface area contributed by atoms with E-state index in [-0.39, 0.29) is 0 Å². The van der Waals surface area contributed by atoms with Gasteiger partial charge in [0.15, 0.2) is 0 Å². The van der Waals surface area contributed by atoms with E-state index in [4.69, 9.17) is 5.73 Å². The summed E-state index contributed by atoms with van der Waals surface area (Å²) in [6.45, 7) is 7.09. The van der Waals surface area contributed by atoms with Gasteiger partial charge >= 0.3 is 0 Å². The van der Waals surface area contributed by atoms with E-state index in [1.54, 1.807) is 0 Å². The molecule has 2 nitrogen and oxygen atoms in total. The van der Waals surface area contributed by atoms with Crippen molar-refractivity contribution >= 4 is 11.4 Å². The Labute approximate surface area is 98.4 Å². The Morgan fingerprint density at radius 3 is 2.44 bits per heavy atom. The third kappa shape index (κ3) is 2.69. The maximum Gasteiger partial charge on any atom is 0.0367 e. The van der Waals surface area contributed by atoms with E-state index in [9.17, 15) is 0 Å². The number of hydrogen-bond acceptors (Lipinski definition) is 2. The van der Waals surface area contributed by atoms with Crippen molar-refractivity contribution in [3.8, 4) is 0 Å². The van der Waals surface area contributed by atoms with Crippen molar-refractivity contribution in [1.29, 1.82) is 0 Å². The highest BCUT2D eigenvalue weighted by molar-refractivity contribution is 5.53. The van der Waals surface area contributed by atoms with Crippen LogP contribution in [0.25, 0.3) is 0 Å². The largest absolute Gasteiger partial charge is 0.399 e. The van der Waals surface area contributed by atoms with E-state index >= 15 is 0 Å². The van der Waals surface area contributed by atoms with Crippen LogP contribution >= 0.6 is 0 Å². The molecule has 0 aliphatic carbocycles. The van der Waals surface area contributed by atoms with Gasteiger partial charge in [0.2, 0.25) is 0 Å². The van der Waals surface area contributed by atoms with Crippen molar-refractivity contribution in [2.75, 3.05) is 23.7 Å². The molecule has 1 heterocycles. The Bertz CT molecular complexity index is 340. The lowest BCUT2D eigenvalue weighted by molar-refractivity contribution is 0.325. The molecule has 0 unspecified atom stereocenters. The monoisotopic (exact) mass is 218 g/mol. The predicted molar refractivity (Wildman–Crippen MR) is 70.7 cm³/mol. The second-order valence-corrected chi connectivity index (χ2v) is 5.60. The maximum atomic E-state index is 5.71. The van der Waals surface area contributed by atoms with Crippen LogP contribution in [0.4, 0.5) is 11.4 Å². The average Bonchev–Trinajstić information content (AvgIpc) is 2.41. The van der Waals surface area contributed by atoms with Gasteiger partial charge in [-0.15, -0.1) is 0 Å². The summed E-state index contributed by atoms with van der Waals surface area (Å²) < 4.78 is 0. The van der Waals surface area contributed by atoms with E-state index in [0.29, 0.717) is 5.41 Å². The van der Waals surface area contributed by atoms with Gasteiger partial charge in [-0.1, -0.05) is 13.8 Å². The third-order valence-electron chi connectivity index (χ3n) is 3.60. The zero-order valence-corrected chi connectivity index (χ0v) is 10.4. The Hall–Kier alpha value is -1.18. The van der Waals surface area contributed by atoms with Crippen LogP contribution in [0, 0.1) is 5.41 Å². The highest BCUT2D eigenvalue weighted by Gasteiger charge is 2.22. The van der Waals surface area contributed by atoms with Gasteiger partial charge in [0.25, 0.3) is 0 Å². The number of nitrogen functional groups attached to an aromatic ring is 1. The number of rotatable bonds is 1. The molecule has 1 aliphatic heterocycles. The van der Waals surface area contributed by atoms with Crippen molar-refractivity contribution in [2.24, 2.45) is 5.41 Å². The van der Waals surface area contributed by atoms with Crippen LogP contribution in [0.5, 0.6) is 0 Å². The summed E-state index contributed by atoms with van der Waals surface area (Å²) in [6.07, 6.45) is 3.90. The number of benzene rings is 1. The average molecular weight is 218 g/mol. The number of hydrogen-bond donors (Lipinski definition) is 1. The first-order valence-electron chi connectivity index (χ1n) is 6.17. The van der Waals surface area contributed by atoms with E-state index in [2.05, 4.69) is 30.9 Å². The lowest BCUT2D eigenvalue weighted by Gasteiger charge is -2.25. The summed E-state index contributed by atoms with van der Waals surface area (Å²) in [6, 6.07) is 8.25. The van der Waals surface area contributed by atoms with Crippen molar-refractivity contribution in [3.05, 3.63) is 24.3 Å². The normalized spacial score (nSPS) is 20.5. The molecule has 2 rings (SSSR count). The minimum Gasteiger partial charge on any atom is -0.399 e. The first-order chi connectivity index (χ1) is 7.57. The highest BCUT2D eigenvalue weighted by atomic mass is 15.1. The molecule has 0 spiro atoms. The molecule has 1 fully saturated rings. The van der Waals surface area contributed by atoms with Crippen LogP contribution < -0.4 is 10.6 Å². The summed E-state index contributed by atoms with van der Waals surface area (Å²) in [5.41, 5.74) is 8.37. The Morgan fingerprint density at radius 2 is 1.75 bits per heavy atom. The minimum atomic E-state index is 0.503. The lowest BCUT2D eigenvalue weighted by Crippen LogP contribution is -2.24. The van der Waals surface area contributed by atoms with Crippen LogP contribution in [0.1, 0.15) is 33.1 Å². The molecule has 16 heavy (non-hydrogen) atoms. The first-order valence-corrected chi connectivity index (χ1v) is 6.17. The van der Waals surface area contributed by atoms with Gasteiger partial charge in [0, 0.05) is 24.5 Å². The van der Waals surface area contributed by atoms with Crippen molar-refractivity contribution in [3.63, 3.8) is 0 Å². The van der Waals surface area contributed by atoms with Crippen LogP contribution in [0.2, 0.25) is 0 Å². The van der Waals surface area contributed by atoms with E-state index in [1.165, 1.54) is 31.5 Å². The quantitative estimate of drug-likeness (QED) is 0.733. The number of nitrogens with zero attached hydrogens (tertiary/aromatic N) is 1. The molecular weight excluding hydrogens is 196 g/mol. The smallest absolute Gasteiger partial charge is 0.0367 e. The fraction of sp³-hybridized carbons (Fsp3) is 0.571. The lowest BCUT2D eigenvalue weighted by atomic mass is 9.85. The van der Waals surface area contributed by atoms with Crippen molar-refractivity contribution < 1.29 is 0 Å². The third-order valence-corrected chi connectivity index (χ3v) is 3.60. The van der Waals surface area contributed by atoms with Gasteiger partial charge in [0.05, 0.1) is 0 Å². The maximum absolute atomic E-state index is 5.71. The molecule has 2 N–H and O–H groups in total. The molecule has 0 amide bonds. The van der Waals surface area contributed by atoms with Crippen LogP contribution in [0.3, 0.4) is 0 Å². The standard InChI is InChI=1S/C14H22N2/c1-14(2)8-3-10-16(11-9-14)13-6-4-12(15)5-7-13/h4-7H,3,8-11,15H2,1-2H3. The SMILES string of the molecule is CC1(C)CCCN(c2ccc(N)cc2)CC1. The zero-order valence-electron chi connectivity index (χ0n) is 10.4. The van der Waals surface area contributed by atoms with Gasteiger partial charge in [0.1, 0.15) is 0 Å². The highest BCUT2D eigenvalue weighted by Crippen LogP contribution is 2.31. The zero-order chi connectivity index (χ0) is 11.6. The molecule has 0 bridgehead atoms. The Balaban J connectivity index is 2.08. The topological polar surface area (TPSA) is 29.3 Å². The van der Waals surface area contributed by atoms with Gasteiger partial charge in [-0.2, -0.15) is 0 Å². The van der Waals surface area contributed by atoms with Gasteiger partial charge in [-0.25, -0.2) is 0 Å². The van der Waals surface area contributed by atoms with Gasteiger partial charge in [-0.3, -0.25) is 0 Å². The summed E-state index contributed by atoms with van der Waals surface area (Å²) in [5.74, 6) is 0. The molecule has 0 saturated carbocycles. The fourth-order valence-corrected chi connectivity index (χ4v) is 2.37. The summed E-state index contributed by atoms with van der Waals surface area (Å²) >= 11 is 0. The van der Waals surface area contributed by atoms with E-state index < -0.39 is 0 Å². The second-order valence-electron chi connectivity index (χ2n) is 5.60. The number of nitrogens with two attached hydrogens (primary N) is 1. The van der Waals surface area contributed by atoms with Crippen LogP contribution in [-0.4, -0.2) is 13.1 Å². The molecule has 0 aromatic heterocycles. The van der Waals surface area contributed by atoms with E-state index in [1.807, 2.05) is 12.1 Å². The molecule has 1 aliphatic rings. The van der Waals surface area contributed by atoms with Crippen molar-refractivity contribution in [2.45, 2.75) is 33.1 Å². The molecule has 1 saturated heterocycles.